The number of rotatable bonds is 3. The number of hydrogen-bond donors (Lipinski definition) is 2. The second-order valence-corrected chi connectivity index (χ2v) is 3.94. The Balaban J connectivity index is 1.98. The van der Waals surface area contributed by atoms with E-state index in [2.05, 4.69) is 5.32 Å². The van der Waals surface area contributed by atoms with Crippen LogP contribution in [0.3, 0.4) is 0 Å². The molecule has 2 N–H and O–H groups in total. The number of benzene rings is 1. The summed E-state index contributed by atoms with van der Waals surface area (Å²) >= 11 is 0. The minimum atomic E-state index is -0.528. The van der Waals surface area contributed by atoms with E-state index in [9.17, 15) is 9.90 Å². The van der Waals surface area contributed by atoms with Gasteiger partial charge in [-0.3, -0.25) is 4.79 Å². The summed E-state index contributed by atoms with van der Waals surface area (Å²) in [6.07, 6.45) is 0.832. The molecular weight excluding hydrogens is 190 g/mol. The van der Waals surface area contributed by atoms with Gasteiger partial charge >= 0.3 is 0 Å². The van der Waals surface area contributed by atoms with Crippen LogP contribution in [0.1, 0.15) is 24.5 Å². The van der Waals surface area contributed by atoms with E-state index in [0.29, 0.717) is 6.42 Å². The molecule has 80 valence electrons. The zero-order valence-electron chi connectivity index (χ0n) is 8.52. The van der Waals surface area contributed by atoms with E-state index in [1.54, 1.807) is 0 Å². The van der Waals surface area contributed by atoms with Gasteiger partial charge in [0, 0.05) is 12.5 Å². The highest BCUT2D eigenvalue weighted by molar-refractivity contribution is 5.80. The van der Waals surface area contributed by atoms with Crippen molar-refractivity contribution in [2.24, 2.45) is 5.92 Å². The lowest BCUT2D eigenvalue weighted by atomic mass is 9.96. The Kier molecular flexibility index (Phi) is 3.02. The Hall–Kier alpha value is -1.35. The molecule has 0 bridgehead atoms. The molecule has 2 atom stereocenters. The van der Waals surface area contributed by atoms with Crippen LogP contribution in [0.15, 0.2) is 30.3 Å². The lowest BCUT2D eigenvalue weighted by Crippen LogP contribution is -2.20. The van der Waals surface area contributed by atoms with Crippen molar-refractivity contribution in [1.82, 2.24) is 5.32 Å². The van der Waals surface area contributed by atoms with E-state index in [0.717, 1.165) is 18.5 Å². The standard InChI is InChI=1S/C12H15NO2/c14-11(9-4-2-1-3-5-9)8-10-6-7-13-12(10)15/h1-5,10-11,14H,6-8H2,(H,13,15). The number of carbonyl (C=O) groups excluding carboxylic acids is 1. The molecule has 0 spiro atoms. The van der Waals surface area contributed by atoms with Crippen LogP contribution in [0.5, 0.6) is 0 Å². The highest BCUT2D eigenvalue weighted by Gasteiger charge is 2.26. The third-order valence-corrected chi connectivity index (χ3v) is 2.85. The zero-order chi connectivity index (χ0) is 10.7. The van der Waals surface area contributed by atoms with Crippen molar-refractivity contribution in [3.8, 4) is 0 Å². The van der Waals surface area contributed by atoms with E-state index >= 15 is 0 Å². The summed E-state index contributed by atoms with van der Waals surface area (Å²) in [5.41, 5.74) is 0.886. The van der Waals surface area contributed by atoms with Crippen LogP contribution in [0.2, 0.25) is 0 Å². The van der Waals surface area contributed by atoms with Gasteiger partial charge in [0.15, 0.2) is 0 Å². The molecule has 2 rings (SSSR count). The number of aliphatic hydroxyl groups excluding tert-OH is 1. The number of carbonyl (C=O) groups is 1. The SMILES string of the molecule is O=C1NCCC1CC(O)c1ccccc1. The molecule has 0 saturated carbocycles. The topological polar surface area (TPSA) is 49.3 Å². The molecule has 1 aliphatic rings. The second kappa shape index (κ2) is 4.45. The predicted octanol–water partition coefficient (Wildman–Crippen LogP) is 1.25. The lowest BCUT2D eigenvalue weighted by Gasteiger charge is -2.13. The summed E-state index contributed by atoms with van der Waals surface area (Å²) < 4.78 is 0. The molecule has 1 aromatic rings. The maximum Gasteiger partial charge on any atom is 0.223 e. The molecule has 0 aliphatic carbocycles. The summed E-state index contributed by atoms with van der Waals surface area (Å²) in [5, 5.41) is 12.7. The van der Waals surface area contributed by atoms with Gasteiger partial charge in [0.1, 0.15) is 0 Å². The van der Waals surface area contributed by atoms with Gasteiger partial charge in [0.2, 0.25) is 5.91 Å². The first-order valence-electron chi connectivity index (χ1n) is 5.28. The monoisotopic (exact) mass is 205 g/mol. The fourth-order valence-corrected chi connectivity index (χ4v) is 1.95. The van der Waals surface area contributed by atoms with E-state index in [1.165, 1.54) is 0 Å². The molecule has 3 heteroatoms. The quantitative estimate of drug-likeness (QED) is 0.780. The Morgan fingerprint density at radius 2 is 2.13 bits per heavy atom. The normalized spacial score (nSPS) is 22.5. The van der Waals surface area contributed by atoms with Gasteiger partial charge in [-0.15, -0.1) is 0 Å². The van der Waals surface area contributed by atoms with E-state index in [4.69, 9.17) is 0 Å². The first-order chi connectivity index (χ1) is 7.27. The van der Waals surface area contributed by atoms with Gasteiger partial charge in [-0.2, -0.15) is 0 Å². The summed E-state index contributed by atoms with van der Waals surface area (Å²) in [4.78, 5) is 11.3. The molecule has 0 aromatic heterocycles. The molecule has 1 aliphatic heterocycles. The Labute approximate surface area is 89.1 Å². The molecule has 1 amide bonds. The van der Waals surface area contributed by atoms with E-state index < -0.39 is 6.10 Å². The van der Waals surface area contributed by atoms with Gasteiger partial charge in [-0.25, -0.2) is 0 Å². The zero-order valence-corrected chi connectivity index (χ0v) is 8.52. The average Bonchev–Trinajstić information content (AvgIpc) is 2.66. The fourth-order valence-electron chi connectivity index (χ4n) is 1.95. The van der Waals surface area contributed by atoms with Crippen LogP contribution in [-0.4, -0.2) is 17.6 Å². The van der Waals surface area contributed by atoms with Crippen molar-refractivity contribution < 1.29 is 9.90 Å². The van der Waals surface area contributed by atoms with E-state index in [-0.39, 0.29) is 11.8 Å². The Morgan fingerprint density at radius 3 is 2.73 bits per heavy atom. The molecule has 15 heavy (non-hydrogen) atoms. The van der Waals surface area contributed by atoms with Crippen molar-refractivity contribution >= 4 is 5.91 Å². The summed E-state index contributed by atoms with van der Waals surface area (Å²) in [6, 6.07) is 9.48. The molecule has 1 fully saturated rings. The molecule has 1 heterocycles. The maximum absolute atomic E-state index is 11.3. The van der Waals surface area contributed by atoms with Crippen molar-refractivity contribution in [3.05, 3.63) is 35.9 Å². The first-order valence-corrected chi connectivity index (χ1v) is 5.28. The van der Waals surface area contributed by atoms with E-state index in [1.807, 2.05) is 30.3 Å². The number of hydrogen-bond acceptors (Lipinski definition) is 2. The smallest absolute Gasteiger partial charge is 0.223 e. The molecule has 2 unspecified atom stereocenters. The fraction of sp³-hybridized carbons (Fsp3) is 0.417. The number of nitrogens with one attached hydrogen (secondary N) is 1. The van der Waals surface area contributed by atoms with Crippen LogP contribution < -0.4 is 5.32 Å². The van der Waals surface area contributed by atoms with Crippen LogP contribution >= 0.6 is 0 Å². The minimum Gasteiger partial charge on any atom is -0.388 e. The molecule has 1 aromatic carbocycles. The average molecular weight is 205 g/mol. The van der Waals surface area contributed by atoms with Crippen molar-refractivity contribution in [2.45, 2.75) is 18.9 Å². The van der Waals surface area contributed by atoms with Crippen molar-refractivity contribution in [3.63, 3.8) is 0 Å². The number of aliphatic hydroxyl groups is 1. The molecule has 3 nitrogen and oxygen atoms in total. The van der Waals surface area contributed by atoms with Crippen LogP contribution in [0, 0.1) is 5.92 Å². The summed E-state index contributed by atoms with van der Waals surface area (Å²) in [6.45, 7) is 0.741. The molecular formula is C12H15NO2. The first kappa shape index (κ1) is 10.2. The second-order valence-electron chi connectivity index (χ2n) is 3.94. The van der Waals surface area contributed by atoms with Gasteiger partial charge in [0.25, 0.3) is 0 Å². The highest BCUT2D eigenvalue weighted by Crippen LogP contribution is 2.24. The van der Waals surface area contributed by atoms with Crippen LogP contribution in [0.4, 0.5) is 0 Å². The lowest BCUT2D eigenvalue weighted by molar-refractivity contribution is -0.123. The van der Waals surface area contributed by atoms with Crippen LogP contribution in [0.25, 0.3) is 0 Å². The summed E-state index contributed by atoms with van der Waals surface area (Å²) in [7, 11) is 0. The third kappa shape index (κ3) is 2.36. The Bertz CT molecular complexity index is 337. The third-order valence-electron chi connectivity index (χ3n) is 2.85. The largest absolute Gasteiger partial charge is 0.388 e. The maximum atomic E-state index is 11.3. The van der Waals surface area contributed by atoms with Crippen molar-refractivity contribution in [1.29, 1.82) is 0 Å². The van der Waals surface area contributed by atoms with Gasteiger partial charge in [-0.1, -0.05) is 30.3 Å². The van der Waals surface area contributed by atoms with Gasteiger partial charge < -0.3 is 10.4 Å². The van der Waals surface area contributed by atoms with Gasteiger partial charge in [0.05, 0.1) is 6.10 Å². The van der Waals surface area contributed by atoms with Gasteiger partial charge in [-0.05, 0) is 18.4 Å². The van der Waals surface area contributed by atoms with Crippen molar-refractivity contribution in [2.75, 3.05) is 6.54 Å². The molecule has 0 radical (unpaired) electrons. The number of amides is 1. The minimum absolute atomic E-state index is 0.0276. The summed E-state index contributed by atoms with van der Waals surface area (Å²) in [5.74, 6) is 0.0465. The highest BCUT2D eigenvalue weighted by atomic mass is 16.3. The predicted molar refractivity (Wildman–Crippen MR) is 57.1 cm³/mol. The molecule has 1 saturated heterocycles. The Morgan fingerprint density at radius 1 is 1.40 bits per heavy atom. The van der Waals surface area contributed by atoms with Crippen LogP contribution in [-0.2, 0) is 4.79 Å².